The highest BCUT2D eigenvalue weighted by molar-refractivity contribution is 6.30. The average molecular weight is 289 g/mol. The molecule has 20 heavy (non-hydrogen) atoms. The lowest BCUT2D eigenvalue weighted by Gasteiger charge is -2.07. The Morgan fingerprint density at radius 3 is 2.95 bits per heavy atom. The second kappa shape index (κ2) is 6.50. The highest BCUT2D eigenvalue weighted by Gasteiger charge is 2.07. The van der Waals surface area contributed by atoms with E-state index < -0.39 is 5.91 Å². The maximum atomic E-state index is 11.7. The first-order valence-corrected chi connectivity index (χ1v) is 5.95. The summed E-state index contributed by atoms with van der Waals surface area (Å²) in [5, 5.41) is 11.9. The van der Waals surface area contributed by atoms with E-state index in [0.717, 1.165) is 0 Å². The number of pyridine rings is 2. The summed E-state index contributed by atoms with van der Waals surface area (Å²) in [4.78, 5) is 19.4. The number of carbonyl (C=O) groups excluding carboxylic acids is 1. The minimum absolute atomic E-state index is 0.245. The van der Waals surface area contributed by atoms with Crippen LogP contribution < -0.4 is 10.1 Å². The number of aromatic nitrogens is 2. The summed E-state index contributed by atoms with van der Waals surface area (Å²) in [6, 6.07) is 6.64. The minimum Gasteiger partial charge on any atom is -0.481 e. The summed E-state index contributed by atoms with van der Waals surface area (Å²) in [5.74, 6) is 0.233. The van der Waals surface area contributed by atoms with Crippen LogP contribution in [-0.2, 0) is 4.79 Å². The van der Waals surface area contributed by atoms with E-state index in [1.54, 1.807) is 12.1 Å². The van der Waals surface area contributed by atoms with Crippen molar-refractivity contribution >= 4 is 23.3 Å². The van der Waals surface area contributed by atoms with Gasteiger partial charge in [0.15, 0.2) is 12.4 Å². The van der Waals surface area contributed by atoms with Gasteiger partial charge in [-0.3, -0.25) is 9.78 Å². The number of nitrogens with zero attached hydrogens (tertiary/aromatic N) is 3. The van der Waals surface area contributed by atoms with E-state index in [1.165, 1.54) is 24.7 Å². The van der Waals surface area contributed by atoms with Crippen molar-refractivity contribution < 1.29 is 9.53 Å². The number of rotatable bonds is 4. The lowest BCUT2D eigenvalue weighted by molar-refractivity contribution is -0.118. The zero-order chi connectivity index (χ0) is 14.4. The zero-order valence-corrected chi connectivity index (χ0v) is 11.0. The zero-order valence-electron chi connectivity index (χ0n) is 10.2. The van der Waals surface area contributed by atoms with Crippen molar-refractivity contribution in [3.8, 4) is 11.8 Å². The molecular weight excluding hydrogens is 280 g/mol. The molecule has 2 heterocycles. The SMILES string of the molecule is N#Cc1ccncc1OCC(=O)Nc1ccc(Cl)cn1. The Morgan fingerprint density at radius 1 is 1.40 bits per heavy atom. The standard InChI is InChI=1S/C13H9ClN4O2/c14-10-1-2-12(17-6-10)18-13(19)8-20-11-7-16-4-3-9(11)5-15/h1-4,6-7H,8H2,(H,17,18,19). The molecule has 0 fully saturated rings. The molecule has 0 saturated carbocycles. The Kier molecular flexibility index (Phi) is 4.47. The number of halogens is 1. The van der Waals surface area contributed by atoms with Gasteiger partial charge in [0.1, 0.15) is 11.9 Å². The highest BCUT2D eigenvalue weighted by atomic mass is 35.5. The van der Waals surface area contributed by atoms with Gasteiger partial charge < -0.3 is 10.1 Å². The van der Waals surface area contributed by atoms with Gasteiger partial charge in [-0.05, 0) is 18.2 Å². The summed E-state index contributed by atoms with van der Waals surface area (Å²) >= 11 is 5.69. The maximum Gasteiger partial charge on any atom is 0.263 e. The maximum absolute atomic E-state index is 11.7. The number of nitriles is 1. The Labute approximate surface area is 120 Å². The predicted molar refractivity (Wildman–Crippen MR) is 72.3 cm³/mol. The molecule has 0 saturated heterocycles. The first kappa shape index (κ1) is 13.8. The van der Waals surface area contributed by atoms with E-state index in [0.29, 0.717) is 16.4 Å². The number of nitrogens with one attached hydrogen (secondary N) is 1. The van der Waals surface area contributed by atoms with E-state index >= 15 is 0 Å². The Bertz CT molecular complexity index is 652. The summed E-state index contributed by atoms with van der Waals surface area (Å²) < 4.78 is 5.23. The van der Waals surface area contributed by atoms with Crippen LogP contribution in [0.3, 0.4) is 0 Å². The van der Waals surface area contributed by atoms with Gasteiger partial charge in [-0.15, -0.1) is 0 Å². The van der Waals surface area contributed by atoms with Gasteiger partial charge >= 0.3 is 0 Å². The molecule has 1 amide bonds. The molecule has 6 nitrogen and oxygen atoms in total. The normalized spacial score (nSPS) is 9.60. The molecule has 0 aliphatic rings. The van der Waals surface area contributed by atoms with Crippen molar-refractivity contribution in [2.75, 3.05) is 11.9 Å². The molecular formula is C13H9ClN4O2. The summed E-state index contributed by atoms with van der Waals surface area (Å²) in [5.41, 5.74) is 0.317. The van der Waals surface area contributed by atoms with Crippen molar-refractivity contribution in [2.24, 2.45) is 0 Å². The van der Waals surface area contributed by atoms with Gasteiger partial charge in [-0.1, -0.05) is 11.6 Å². The molecule has 0 aliphatic carbocycles. The Balaban J connectivity index is 1.92. The molecule has 0 spiro atoms. The molecule has 0 unspecified atom stereocenters. The number of carbonyl (C=O) groups is 1. The van der Waals surface area contributed by atoms with Crippen LogP contribution in [0.15, 0.2) is 36.8 Å². The quantitative estimate of drug-likeness (QED) is 0.930. The molecule has 2 aromatic rings. The molecule has 0 bridgehead atoms. The largest absolute Gasteiger partial charge is 0.481 e. The fraction of sp³-hybridized carbons (Fsp3) is 0.0769. The van der Waals surface area contributed by atoms with Crippen molar-refractivity contribution in [3.05, 3.63) is 47.4 Å². The van der Waals surface area contributed by atoms with Gasteiger partial charge in [0.25, 0.3) is 5.91 Å². The topological polar surface area (TPSA) is 87.9 Å². The molecule has 2 rings (SSSR count). The summed E-state index contributed by atoms with van der Waals surface area (Å²) in [7, 11) is 0. The van der Waals surface area contributed by atoms with Crippen LogP contribution in [0.1, 0.15) is 5.56 Å². The fourth-order valence-electron chi connectivity index (χ4n) is 1.36. The lowest BCUT2D eigenvalue weighted by atomic mass is 10.3. The number of hydrogen-bond donors (Lipinski definition) is 1. The molecule has 7 heteroatoms. The van der Waals surface area contributed by atoms with Crippen LogP contribution in [0, 0.1) is 11.3 Å². The Morgan fingerprint density at radius 2 is 2.25 bits per heavy atom. The predicted octanol–water partition coefficient (Wildman–Crippen LogP) is 2.02. The lowest BCUT2D eigenvalue weighted by Crippen LogP contribution is -2.21. The van der Waals surface area contributed by atoms with E-state index in [-0.39, 0.29) is 12.4 Å². The van der Waals surface area contributed by atoms with Crippen molar-refractivity contribution in [3.63, 3.8) is 0 Å². The molecule has 0 aromatic carbocycles. The van der Waals surface area contributed by atoms with Gasteiger partial charge in [-0.2, -0.15) is 5.26 Å². The molecule has 0 aliphatic heterocycles. The van der Waals surface area contributed by atoms with Crippen molar-refractivity contribution in [1.29, 1.82) is 5.26 Å². The van der Waals surface area contributed by atoms with Crippen molar-refractivity contribution in [2.45, 2.75) is 0 Å². The van der Waals surface area contributed by atoms with E-state index in [1.807, 2.05) is 6.07 Å². The number of anilines is 1. The summed E-state index contributed by atoms with van der Waals surface area (Å²) in [6.07, 6.45) is 4.28. The molecule has 100 valence electrons. The monoisotopic (exact) mass is 288 g/mol. The molecule has 1 N–H and O–H groups in total. The minimum atomic E-state index is -0.396. The third kappa shape index (κ3) is 3.67. The number of hydrogen-bond acceptors (Lipinski definition) is 5. The van der Waals surface area contributed by atoms with Crippen molar-refractivity contribution in [1.82, 2.24) is 9.97 Å². The molecule has 0 atom stereocenters. The highest BCUT2D eigenvalue weighted by Crippen LogP contribution is 2.15. The van der Waals surface area contributed by atoms with Gasteiger partial charge in [0.2, 0.25) is 0 Å². The summed E-state index contributed by atoms with van der Waals surface area (Å²) in [6.45, 7) is -0.245. The van der Waals surface area contributed by atoms with Gasteiger partial charge in [-0.25, -0.2) is 4.98 Å². The van der Waals surface area contributed by atoms with Crippen LogP contribution in [0.2, 0.25) is 5.02 Å². The van der Waals surface area contributed by atoms with Crippen LogP contribution in [0.25, 0.3) is 0 Å². The third-order valence-corrected chi connectivity index (χ3v) is 2.48. The van der Waals surface area contributed by atoms with Crippen LogP contribution in [-0.4, -0.2) is 22.5 Å². The van der Waals surface area contributed by atoms with Gasteiger partial charge in [0.05, 0.1) is 16.8 Å². The van der Waals surface area contributed by atoms with E-state index in [4.69, 9.17) is 21.6 Å². The van der Waals surface area contributed by atoms with Crippen LogP contribution >= 0.6 is 11.6 Å². The first-order valence-electron chi connectivity index (χ1n) is 5.57. The first-order chi connectivity index (χ1) is 9.69. The van der Waals surface area contributed by atoms with E-state index in [9.17, 15) is 4.79 Å². The van der Waals surface area contributed by atoms with Crippen LogP contribution in [0.5, 0.6) is 5.75 Å². The Hall–Kier alpha value is -2.65. The number of ether oxygens (including phenoxy) is 1. The van der Waals surface area contributed by atoms with Crippen LogP contribution in [0.4, 0.5) is 5.82 Å². The average Bonchev–Trinajstić information content (AvgIpc) is 2.48. The smallest absolute Gasteiger partial charge is 0.263 e. The molecule has 2 aromatic heterocycles. The second-order valence-electron chi connectivity index (χ2n) is 3.68. The molecule has 0 radical (unpaired) electrons. The second-order valence-corrected chi connectivity index (χ2v) is 4.12. The number of amides is 1. The third-order valence-electron chi connectivity index (χ3n) is 2.26. The van der Waals surface area contributed by atoms with Gasteiger partial charge in [0, 0.05) is 12.4 Å². The fourth-order valence-corrected chi connectivity index (χ4v) is 1.47. The van der Waals surface area contributed by atoms with E-state index in [2.05, 4.69) is 15.3 Å².